The van der Waals surface area contributed by atoms with Crippen molar-refractivity contribution in [2.45, 2.75) is 12.5 Å². The maximum Gasteiger partial charge on any atom is 0.305 e. The number of nitrogens with zero attached hydrogens (tertiary/aromatic N) is 1. The third kappa shape index (κ3) is 2.48. The monoisotopic (exact) mass is 184 g/mol. The van der Waals surface area contributed by atoms with Crippen LogP contribution in [-0.4, -0.2) is 16.1 Å². The van der Waals surface area contributed by atoms with Crippen molar-refractivity contribution in [3.05, 3.63) is 29.8 Å². The molecule has 1 atom stereocenters. The molecule has 0 aliphatic carbocycles. The number of aliphatic carboxylic acids is 1. The van der Waals surface area contributed by atoms with Gasteiger partial charge in [-0.1, -0.05) is 0 Å². The first kappa shape index (κ1) is 9.60. The van der Waals surface area contributed by atoms with Gasteiger partial charge < -0.3 is 10.8 Å². The first-order chi connectivity index (χ1) is 6.11. The summed E-state index contributed by atoms with van der Waals surface area (Å²) in [4.78, 5) is 13.9. The Kier molecular flexibility index (Phi) is 2.92. The minimum Gasteiger partial charge on any atom is -0.481 e. The standard InChI is InChI=1S/C8H9FN2O2/c9-5-2-1-3-11-8(5)6(10)4-7(12)13/h1-3,6H,4,10H2,(H,12,13). The molecule has 0 bridgehead atoms. The Hall–Kier alpha value is -1.49. The van der Waals surface area contributed by atoms with Crippen molar-refractivity contribution in [2.24, 2.45) is 5.73 Å². The Morgan fingerprint density at radius 1 is 1.77 bits per heavy atom. The average Bonchev–Trinajstić information content (AvgIpc) is 2.03. The van der Waals surface area contributed by atoms with E-state index < -0.39 is 17.8 Å². The maximum atomic E-state index is 13.0. The molecular weight excluding hydrogens is 175 g/mol. The van der Waals surface area contributed by atoms with Crippen LogP contribution >= 0.6 is 0 Å². The van der Waals surface area contributed by atoms with Gasteiger partial charge in [0.05, 0.1) is 18.2 Å². The lowest BCUT2D eigenvalue weighted by atomic mass is 10.1. The fourth-order valence-electron chi connectivity index (χ4n) is 0.956. The summed E-state index contributed by atoms with van der Waals surface area (Å²) in [5.74, 6) is -1.64. The molecule has 0 aromatic carbocycles. The van der Waals surface area contributed by atoms with E-state index in [1.165, 1.54) is 18.3 Å². The van der Waals surface area contributed by atoms with E-state index in [1.54, 1.807) is 0 Å². The fourth-order valence-corrected chi connectivity index (χ4v) is 0.956. The van der Waals surface area contributed by atoms with Gasteiger partial charge in [0, 0.05) is 6.20 Å². The Balaban J connectivity index is 2.82. The van der Waals surface area contributed by atoms with Crippen LogP contribution in [0, 0.1) is 5.82 Å². The van der Waals surface area contributed by atoms with Crippen LogP contribution in [0.25, 0.3) is 0 Å². The van der Waals surface area contributed by atoms with Crippen molar-refractivity contribution in [2.75, 3.05) is 0 Å². The number of pyridine rings is 1. The highest BCUT2D eigenvalue weighted by atomic mass is 19.1. The van der Waals surface area contributed by atoms with Crippen LogP contribution in [0.4, 0.5) is 4.39 Å². The highest BCUT2D eigenvalue weighted by molar-refractivity contribution is 5.67. The number of halogens is 1. The topological polar surface area (TPSA) is 76.2 Å². The second kappa shape index (κ2) is 3.95. The molecule has 4 nitrogen and oxygen atoms in total. The normalized spacial score (nSPS) is 12.5. The summed E-state index contributed by atoms with van der Waals surface area (Å²) in [6.45, 7) is 0. The Bertz CT molecular complexity index is 317. The van der Waals surface area contributed by atoms with E-state index in [0.717, 1.165) is 0 Å². The van der Waals surface area contributed by atoms with Crippen molar-refractivity contribution in [1.82, 2.24) is 4.98 Å². The van der Waals surface area contributed by atoms with Gasteiger partial charge in [-0.2, -0.15) is 0 Å². The molecule has 5 heteroatoms. The van der Waals surface area contributed by atoms with Gasteiger partial charge in [-0.3, -0.25) is 9.78 Å². The fraction of sp³-hybridized carbons (Fsp3) is 0.250. The van der Waals surface area contributed by atoms with E-state index in [4.69, 9.17) is 10.8 Å². The average molecular weight is 184 g/mol. The van der Waals surface area contributed by atoms with Gasteiger partial charge in [-0.15, -0.1) is 0 Å². The zero-order valence-corrected chi connectivity index (χ0v) is 6.77. The van der Waals surface area contributed by atoms with Crippen molar-refractivity contribution >= 4 is 5.97 Å². The number of hydrogen-bond acceptors (Lipinski definition) is 3. The summed E-state index contributed by atoms with van der Waals surface area (Å²) in [5.41, 5.74) is 5.40. The van der Waals surface area contributed by atoms with Crippen LogP contribution < -0.4 is 5.73 Å². The van der Waals surface area contributed by atoms with Crippen LogP contribution in [0.1, 0.15) is 18.2 Å². The summed E-state index contributed by atoms with van der Waals surface area (Å²) >= 11 is 0. The molecule has 1 aromatic rings. The molecule has 13 heavy (non-hydrogen) atoms. The number of hydrogen-bond donors (Lipinski definition) is 2. The van der Waals surface area contributed by atoms with E-state index >= 15 is 0 Å². The number of aromatic nitrogens is 1. The molecule has 1 aromatic heterocycles. The molecule has 3 N–H and O–H groups in total. The molecule has 0 aliphatic rings. The van der Waals surface area contributed by atoms with Gasteiger partial charge in [0.25, 0.3) is 0 Å². The quantitative estimate of drug-likeness (QED) is 0.724. The molecule has 0 radical (unpaired) electrons. The molecule has 0 saturated heterocycles. The minimum atomic E-state index is -1.07. The largest absolute Gasteiger partial charge is 0.481 e. The van der Waals surface area contributed by atoms with Crippen molar-refractivity contribution < 1.29 is 14.3 Å². The van der Waals surface area contributed by atoms with E-state index in [-0.39, 0.29) is 12.1 Å². The zero-order chi connectivity index (χ0) is 9.84. The smallest absolute Gasteiger partial charge is 0.305 e. The molecule has 0 saturated carbocycles. The van der Waals surface area contributed by atoms with E-state index in [0.29, 0.717) is 0 Å². The summed E-state index contributed by atoms with van der Waals surface area (Å²) in [6, 6.07) is 1.73. The van der Waals surface area contributed by atoms with Crippen LogP contribution in [0.3, 0.4) is 0 Å². The van der Waals surface area contributed by atoms with Crippen molar-refractivity contribution in [3.63, 3.8) is 0 Å². The van der Waals surface area contributed by atoms with Crippen molar-refractivity contribution in [1.29, 1.82) is 0 Å². The summed E-state index contributed by atoms with van der Waals surface area (Å²) in [7, 11) is 0. The molecular formula is C8H9FN2O2. The number of nitrogens with two attached hydrogens (primary N) is 1. The third-order valence-electron chi connectivity index (χ3n) is 1.53. The van der Waals surface area contributed by atoms with Crippen LogP contribution in [-0.2, 0) is 4.79 Å². The van der Waals surface area contributed by atoms with Crippen LogP contribution in [0.15, 0.2) is 18.3 Å². The van der Waals surface area contributed by atoms with Gasteiger partial charge >= 0.3 is 5.97 Å². The predicted octanol–water partition coefficient (Wildman–Crippen LogP) is 0.695. The van der Waals surface area contributed by atoms with Gasteiger partial charge in [-0.25, -0.2) is 4.39 Å². The lowest BCUT2D eigenvalue weighted by molar-refractivity contribution is -0.137. The number of carbonyl (C=O) groups is 1. The van der Waals surface area contributed by atoms with E-state index in [1.807, 2.05) is 0 Å². The Morgan fingerprint density at radius 3 is 3.00 bits per heavy atom. The predicted molar refractivity (Wildman–Crippen MR) is 43.4 cm³/mol. The van der Waals surface area contributed by atoms with Crippen molar-refractivity contribution in [3.8, 4) is 0 Å². The summed E-state index contributed by atoms with van der Waals surface area (Å²) in [5, 5.41) is 8.41. The summed E-state index contributed by atoms with van der Waals surface area (Å²) in [6.07, 6.45) is 1.05. The first-order valence-electron chi connectivity index (χ1n) is 3.69. The molecule has 1 unspecified atom stereocenters. The highest BCUT2D eigenvalue weighted by Crippen LogP contribution is 2.14. The first-order valence-corrected chi connectivity index (χ1v) is 3.69. The molecule has 1 rings (SSSR count). The molecule has 0 amide bonds. The number of carboxylic acid groups (broad SMARTS) is 1. The second-order valence-corrected chi connectivity index (χ2v) is 2.57. The lowest BCUT2D eigenvalue weighted by Crippen LogP contribution is -2.17. The number of rotatable bonds is 3. The van der Waals surface area contributed by atoms with E-state index in [9.17, 15) is 9.18 Å². The van der Waals surface area contributed by atoms with Crippen LogP contribution in [0.2, 0.25) is 0 Å². The van der Waals surface area contributed by atoms with Gasteiger partial charge in [0.15, 0.2) is 0 Å². The molecule has 0 spiro atoms. The SMILES string of the molecule is NC(CC(=O)O)c1ncccc1F. The highest BCUT2D eigenvalue weighted by Gasteiger charge is 2.15. The lowest BCUT2D eigenvalue weighted by Gasteiger charge is -2.08. The molecule has 0 aliphatic heterocycles. The maximum absolute atomic E-state index is 13.0. The van der Waals surface area contributed by atoms with E-state index in [2.05, 4.69) is 4.98 Å². The molecule has 0 fully saturated rings. The van der Waals surface area contributed by atoms with Gasteiger partial charge in [-0.05, 0) is 12.1 Å². The Labute approximate surface area is 74.2 Å². The zero-order valence-electron chi connectivity index (χ0n) is 6.77. The van der Waals surface area contributed by atoms with Gasteiger partial charge in [0.2, 0.25) is 0 Å². The third-order valence-corrected chi connectivity index (χ3v) is 1.53. The number of carboxylic acids is 1. The Morgan fingerprint density at radius 2 is 2.46 bits per heavy atom. The molecule has 1 heterocycles. The van der Waals surface area contributed by atoms with Gasteiger partial charge in [0.1, 0.15) is 5.82 Å². The van der Waals surface area contributed by atoms with Crippen LogP contribution in [0.5, 0.6) is 0 Å². The summed E-state index contributed by atoms with van der Waals surface area (Å²) < 4.78 is 13.0. The minimum absolute atomic E-state index is 0.00935. The second-order valence-electron chi connectivity index (χ2n) is 2.57. The molecule has 70 valence electrons.